The average molecular weight is 397 g/mol. The number of carbonyl (C=O) groups is 1. The highest BCUT2D eigenvalue weighted by Crippen LogP contribution is 2.26. The standard InChI is InChI=1S/C22H27N3O4/c1-16-15-17(4-5-20(16)29-18-6-11-27-12-7-18)24-22(26)19-3-2-8-23-21(19)25-9-13-28-14-10-25/h2-5,8,15,18H,6-7,9-14H2,1H3,(H,24,26). The van der Waals surface area contributed by atoms with Gasteiger partial charge in [-0.15, -0.1) is 0 Å². The van der Waals surface area contributed by atoms with E-state index in [0.717, 1.165) is 56.1 Å². The Kier molecular flexibility index (Phi) is 6.27. The molecule has 3 heterocycles. The molecular weight excluding hydrogens is 370 g/mol. The number of pyridine rings is 1. The van der Waals surface area contributed by atoms with Gasteiger partial charge in [0.25, 0.3) is 5.91 Å². The number of anilines is 2. The van der Waals surface area contributed by atoms with E-state index in [1.165, 1.54) is 0 Å². The van der Waals surface area contributed by atoms with Crippen LogP contribution in [0.1, 0.15) is 28.8 Å². The van der Waals surface area contributed by atoms with Crippen molar-refractivity contribution < 1.29 is 19.0 Å². The minimum atomic E-state index is -0.169. The van der Waals surface area contributed by atoms with Crippen molar-refractivity contribution in [3.63, 3.8) is 0 Å². The smallest absolute Gasteiger partial charge is 0.259 e. The van der Waals surface area contributed by atoms with Crippen LogP contribution < -0.4 is 15.0 Å². The van der Waals surface area contributed by atoms with Crippen molar-refractivity contribution in [1.82, 2.24) is 4.98 Å². The molecule has 1 amide bonds. The van der Waals surface area contributed by atoms with Gasteiger partial charge in [-0.3, -0.25) is 4.79 Å². The van der Waals surface area contributed by atoms with Gasteiger partial charge in [-0.1, -0.05) is 0 Å². The quantitative estimate of drug-likeness (QED) is 0.836. The number of hydrogen-bond acceptors (Lipinski definition) is 6. The molecule has 7 heteroatoms. The molecular formula is C22H27N3O4. The van der Waals surface area contributed by atoms with Gasteiger partial charge in [0.15, 0.2) is 0 Å². The van der Waals surface area contributed by atoms with Gasteiger partial charge in [-0.25, -0.2) is 4.98 Å². The number of amides is 1. The predicted octanol–water partition coefficient (Wildman–Crippen LogP) is 3.04. The Morgan fingerprint density at radius 2 is 1.90 bits per heavy atom. The van der Waals surface area contributed by atoms with E-state index < -0.39 is 0 Å². The van der Waals surface area contributed by atoms with Crippen molar-refractivity contribution in [3.8, 4) is 5.75 Å². The predicted molar refractivity (Wildman–Crippen MR) is 111 cm³/mol. The Morgan fingerprint density at radius 3 is 2.66 bits per heavy atom. The van der Waals surface area contributed by atoms with E-state index in [1.54, 1.807) is 12.3 Å². The summed E-state index contributed by atoms with van der Waals surface area (Å²) in [7, 11) is 0. The third-order valence-corrected chi connectivity index (χ3v) is 5.24. The van der Waals surface area contributed by atoms with Crippen molar-refractivity contribution >= 4 is 17.4 Å². The Morgan fingerprint density at radius 1 is 1.14 bits per heavy atom. The zero-order chi connectivity index (χ0) is 20.1. The zero-order valence-electron chi connectivity index (χ0n) is 16.7. The fourth-order valence-corrected chi connectivity index (χ4v) is 3.63. The van der Waals surface area contributed by atoms with E-state index in [9.17, 15) is 4.79 Å². The highest BCUT2D eigenvalue weighted by Gasteiger charge is 2.20. The summed E-state index contributed by atoms with van der Waals surface area (Å²) in [6.07, 6.45) is 3.72. The summed E-state index contributed by atoms with van der Waals surface area (Å²) in [5.74, 6) is 1.38. The lowest BCUT2D eigenvalue weighted by Gasteiger charge is -2.29. The number of nitrogens with one attached hydrogen (secondary N) is 1. The van der Waals surface area contributed by atoms with Crippen LogP contribution in [0, 0.1) is 6.92 Å². The van der Waals surface area contributed by atoms with Gasteiger partial charge < -0.3 is 24.4 Å². The molecule has 0 spiro atoms. The van der Waals surface area contributed by atoms with Gasteiger partial charge >= 0.3 is 0 Å². The molecule has 154 valence electrons. The van der Waals surface area contributed by atoms with Crippen LogP contribution in [0.5, 0.6) is 5.75 Å². The number of nitrogens with zero attached hydrogens (tertiary/aromatic N) is 2. The fraction of sp³-hybridized carbons (Fsp3) is 0.455. The van der Waals surface area contributed by atoms with E-state index in [0.29, 0.717) is 24.6 Å². The summed E-state index contributed by atoms with van der Waals surface area (Å²) in [6, 6.07) is 9.34. The van der Waals surface area contributed by atoms with Gasteiger partial charge in [-0.2, -0.15) is 0 Å². The molecule has 0 bridgehead atoms. The van der Waals surface area contributed by atoms with Gasteiger partial charge in [0, 0.05) is 37.8 Å². The number of benzene rings is 1. The van der Waals surface area contributed by atoms with E-state index in [-0.39, 0.29) is 12.0 Å². The lowest BCUT2D eigenvalue weighted by Crippen LogP contribution is -2.38. The lowest BCUT2D eigenvalue weighted by atomic mass is 10.1. The molecule has 2 aliphatic rings. The Labute approximate surface area is 171 Å². The van der Waals surface area contributed by atoms with Gasteiger partial charge in [-0.05, 0) is 42.8 Å². The molecule has 2 fully saturated rings. The summed E-state index contributed by atoms with van der Waals surface area (Å²) >= 11 is 0. The lowest BCUT2D eigenvalue weighted by molar-refractivity contribution is 0.0253. The van der Waals surface area contributed by atoms with Crippen molar-refractivity contribution in [2.24, 2.45) is 0 Å². The highest BCUT2D eigenvalue weighted by molar-refractivity contribution is 6.07. The van der Waals surface area contributed by atoms with Crippen molar-refractivity contribution in [1.29, 1.82) is 0 Å². The number of hydrogen-bond donors (Lipinski definition) is 1. The Balaban J connectivity index is 1.45. The van der Waals surface area contributed by atoms with Crippen LogP contribution >= 0.6 is 0 Å². The summed E-state index contributed by atoms with van der Waals surface area (Å²) in [5, 5.41) is 3.00. The molecule has 0 unspecified atom stereocenters. The third-order valence-electron chi connectivity index (χ3n) is 5.24. The molecule has 2 aromatic rings. The molecule has 4 rings (SSSR count). The summed E-state index contributed by atoms with van der Waals surface area (Å²) in [4.78, 5) is 19.5. The Hall–Kier alpha value is -2.64. The summed E-state index contributed by atoms with van der Waals surface area (Å²) in [5.41, 5.74) is 2.30. The number of aromatic nitrogens is 1. The van der Waals surface area contributed by atoms with Gasteiger partial charge in [0.1, 0.15) is 17.7 Å². The molecule has 0 aliphatic carbocycles. The highest BCUT2D eigenvalue weighted by atomic mass is 16.5. The van der Waals surface area contributed by atoms with Crippen LogP contribution in [0.25, 0.3) is 0 Å². The molecule has 2 aliphatic heterocycles. The molecule has 29 heavy (non-hydrogen) atoms. The van der Waals surface area contributed by atoms with Gasteiger partial charge in [0.2, 0.25) is 0 Å². The maximum Gasteiger partial charge on any atom is 0.259 e. The second-order valence-electron chi connectivity index (χ2n) is 7.34. The second-order valence-corrected chi connectivity index (χ2v) is 7.34. The van der Waals surface area contributed by atoms with Crippen molar-refractivity contribution in [2.75, 3.05) is 49.7 Å². The molecule has 0 saturated carbocycles. The average Bonchev–Trinajstić information content (AvgIpc) is 2.77. The molecule has 1 N–H and O–H groups in total. The largest absolute Gasteiger partial charge is 0.490 e. The Bertz CT molecular complexity index is 846. The summed E-state index contributed by atoms with van der Waals surface area (Å²) < 4.78 is 16.9. The van der Waals surface area contributed by atoms with E-state index in [1.807, 2.05) is 31.2 Å². The molecule has 0 radical (unpaired) electrons. The number of morpholine rings is 1. The van der Waals surface area contributed by atoms with E-state index in [4.69, 9.17) is 14.2 Å². The second kappa shape index (κ2) is 9.24. The van der Waals surface area contributed by atoms with Crippen LogP contribution in [0.2, 0.25) is 0 Å². The van der Waals surface area contributed by atoms with Crippen LogP contribution in [0.4, 0.5) is 11.5 Å². The van der Waals surface area contributed by atoms with E-state index >= 15 is 0 Å². The van der Waals surface area contributed by atoms with Crippen molar-refractivity contribution in [3.05, 3.63) is 47.7 Å². The topological polar surface area (TPSA) is 72.9 Å². The van der Waals surface area contributed by atoms with Crippen LogP contribution in [-0.4, -0.2) is 56.5 Å². The monoisotopic (exact) mass is 397 g/mol. The van der Waals surface area contributed by atoms with Gasteiger partial charge in [0.05, 0.1) is 32.0 Å². The minimum absolute atomic E-state index is 0.169. The normalized spacial score (nSPS) is 17.8. The minimum Gasteiger partial charge on any atom is -0.490 e. The fourth-order valence-electron chi connectivity index (χ4n) is 3.63. The molecule has 1 aromatic carbocycles. The molecule has 7 nitrogen and oxygen atoms in total. The number of aryl methyl sites for hydroxylation is 1. The van der Waals surface area contributed by atoms with E-state index in [2.05, 4.69) is 15.2 Å². The number of ether oxygens (including phenoxy) is 3. The zero-order valence-corrected chi connectivity index (χ0v) is 16.7. The maximum absolute atomic E-state index is 12.9. The third kappa shape index (κ3) is 4.86. The molecule has 1 aromatic heterocycles. The summed E-state index contributed by atoms with van der Waals surface area (Å²) in [6.45, 7) is 6.23. The van der Waals surface area contributed by atoms with Crippen LogP contribution in [0.15, 0.2) is 36.5 Å². The maximum atomic E-state index is 12.9. The first-order valence-electron chi connectivity index (χ1n) is 10.1. The van der Waals surface area contributed by atoms with Crippen molar-refractivity contribution in [2.45, 2.75) is 25.9 Å². The first kappa shape index (κ1) is 19.7. The number of carbonyl (C=O) groups excluding carboxylic acids is 1. The number of rotatable bonds is 5. The first-order valence-corrected chi connectivity index (χ1v) is 10.1. The van der Waals surface area contributed by atoms with Crippen LogP contribution in [0.3, 0.4) is 0 Å². The SMILES string of the molecule is Cc1cc(NC(=O)c2cccnc2N2CCOCC2)ccc1OC1CCOCC1. The first-order chi connectivity index (χ1) is 14.2. The van der Waals surface area contributed by atoms with Crippen LogP contribution in [-0.2, 0) is 9.47 Å². The molecule has 2 saturated heterocycles. The molecule has 0 atom stereocenters.